The van der Waals surface area contributed by atoms with Gasteiger partial charge in [0.15, 0.2) is 0 Å². The van der Waals surface area contributed by atoms with Crippen LogP contribution < -0.4 is 0 Å². The van der Waals surface area contributed by atoms with E-state index in [1.807, 2.05) is 13.8 Å². The van der Waals surface area contributed by atoms with Gasteiger partial charge in [0.2, 0.25) is 0 Å². The van der Waals surface area contributed by atoms with Gasteiger partial charge >= 0.3 is 11.9 Å². The molecule has 1 aliphatic rings. The smallest absolute Gasteiger partial charge is 0.321 e. The van der Waals surface area contributed by atoms with Gasteiger partial charge < -0.3 is 4.74 Å². The highest BCUT2D eigenvalue weighted by Crippen LogP contribution is 2.17. The molecule has 0 aromatic carbocycles. The summed E-state index contributed by atoms with van der Waals surface area (Å²) in [5.41, 5.74) is 1.87. The first-order valence-corrected chi connectivity index (χ1v) is 5.23. The third-order valence-corrected chi connectivity index (χ3v) is 1.87. The van der Waals surface area contributed by atoms with E-state index in [1.54, 1.807) is 18.2 Å². The predicted molar refractivity (Wildman–Crippen MR) is 68.2 cm³/mol. The van der Waals surface area contributed by atoms with Gasteiger partial charge in [-0.25, -0.2) is 0 Å². The Labute approximate surface area is 102 Å². The fourth-order valence-electron chi connectivity index (χ4n) is 0.919. The molecule has 0 aromatic heterocycles. The van der Waals surface area contributed by atoms with Crippen molar-refractivity contribution in [3.63, 3.8) is 0 Å². The molecule has 0 saturated carbocycles. The van der Waals surface area contributed by atoms with Gasteiger partial charge in [0.05, 0.1) is 12.3 Å². The molecular formula is C14H18O3. The summed E-state index contributed by atoms with van der Waals surface area (Å²) in [6, 6.07) is 0. The second-order valence-electron chi connectivity index (χ2n) is 3.86. The molecule has 0 amide bonds. The monoisotopic (exact) mass is 234 g/mol. The van der Waals surface area contributed by atoms with Crippen LogP contribution >= 0.6 is 0 Å². The Morgan fingerprint density at radius 3 is 2.12 bits per heavy atom. The van der Waals surface area contributed by atoms with Gasteiger partial charge in [0.1, 0.15) is 0 Å². The van der Waals surface area contributed by atoms with Gasteiger partial charge in [-0.1, -0.05) is 49.1 Å². The van der Waals surface area contributed by atoms with Crippen LogP contribution in [0.25, 0.3) is 0 Å². The Bertz CT molecular complexity index is 375. The molecule has 0 aliphatic carbocycles. The Balaban J connectivity index is 0.000000437. The lowest BCUT2D eigenvalue weighted by atomic mass is 10.1. The number of hydrogen-bond acceptors (Lipinski definition) is 3. The molecule has 1 saturated heterocycles. The van der Waals surface area contributed by atoms with E-state index in [4.69, 9.17) is 0 Å². The average molecular weight is 234 g/mol. The van der Waals surface area contributed by atoms with E-state index in [0.29, 0.717) is 0 Å². The number of carbonyl (C=O) groups is 2. The molecule has 1 atom stereocenters. The highest BCUT2D eigenvalue weighted by molar-refractivity contribution is 5.95. The normalized spacial score (nSPS) is 18.4. The third-order valence-electron chi connectivity index (χ3n) is 1.87. The van der Waals surface area contributed by atoms with Crippen molar-refractivity contribution >= 4 is 11.9 Å². The summed E-state index contributed by atoms with van der Waals surface area (Å²) in [6.45, 7) is 14.4. The van der Waals surface area contributed by atoms with Crippen LogP contribution in [0.2, 0.25) is 0 Å². The van der Waals surface area contributed by atoms with E-state index in [2.05, 4.69) is 24.5 Å². The summed E-state index contributed by atoms with van der Waals surface area (Å²) in [5.74, 6) is -1.32. The Hall–Kier alpha value is -1.90. The summed E-state index contributed by atoms with van der Waals surface area (Å²) in [4.78, 5) is 21.5. The number of carbonyl (C=O) groups excluding carboxylic acids is 2. The zero-order chi connectivity index (χ0) is 13.4. The van der Waals surface area contributed by atoms with Crippen molar-refractivity contribution in [2.45, 2.75) is 20.3 Å². The molecule has 3 nitrogen and oxygen atoms in total. The lowest BCUT2D eigenvalue weighted by molar-refractivity contribution is -0.152. The maximum absolute atomic E-state index is 10.9. The van der Waals surface area contributed by atoms with E-state index in [1.165, 1.54) is 0 Å². The predicted octanol–water partition coefficient (Wildman–Crippen LogP) is 2.96. The highest BCUT2D eigenvalue weighted by atomic mass is 16.6. The van der Waals surface area contributed by atoms with E-state index >= 15 is 0 Å². The van der Waals surface area contributed by atoms with Crippen molar-refractivity contribution in [2.75, 3.05) is 0 Å². The number of rotatable bonds is 3. The van der Waals surface area contributed by atoms with Crippen molar-refractivity contribution in [1.29, 1.82) is 0 Å². The topological polar surface area (TPSA) is 43.4 Å². The zero-order valence-electron chi connectivity index (χ0n) is 10.4. The van der Waals surface area contributed by atoms with Crippen LogP contribution in [0.4, 0.5) is 0 Å². The average Bonchev–Trinajstić information content (AvgIpc) is 2.55. The van der Waals surface area contributed by atoms with Crippen molar-refractivity contribution in [2.24, 2.45) is 5.92 Å². The maximum Gasteiger partial charge on any atom is 0.321 e. The Kier molecular flexibility index (Phi) is 6.56. The number of esters is 2. The molecule has 0 bridgehead atoms. The Morgan fingerprint density at radius 1 is 1.29 bits per heavy atom. The zero-order valence-corrected chi connectivity index (χ0v) is 10.4. The van der Waals surface area contributed by atoms with Crippen molar-refractivity contribution in [3.05, 3.63) is 49.1 Å². The van der Waals surface area contributed by atoms with Crippen LogP contribution in [-0.4, -0.2) is 11.9 Å². The number of allylic oxidation sites excluding steroid dienone is 4. The van der Waals surface area contributed by atoms with E-state index in [-0.39, 0.29) is 6.42 Å². The largest absolute Gasteiger partial charge is 0.393 e. The van der Waals surface area contributed by atoms with E-state index in [9.17, 15) is 9.59 Å². The van der Waals surface area contributed by atoms with Gasteiger partial charge in [-0.15, -0.1) is 0 Å². The van der Waals surface area contributed by atoms with Gasteiger partial charge in [0, 0.05) is 0 Å². The lowest BCUT2D eigenvalue weighted by Gasteiger charge is -1.93. The second kappa shape index (κ2) is 7.39. The summed E-state index contributed by atoms with van der Waals surface area (Å²) in [7, 11) is 0. The molecule has 1 aliphatic heterocycles. The molecule has 1 rings (SSSR count). The summed E-state index contributed by atoms with van der Waals surface area (Å²) in [5, 5.41) is 0. The SMILES string of the molecule is C=C(C)/C=C/C1CC(=O)OC1=O.C=CC(=C)C. The van der Waals surface area contributed by atoms with Crippen LogP contribution in [0.5, 0.6) is 0 Å². The van der Waals surface area contributed by atoms with Crippen molar-refractivity contribution < 1.29 is 14.3 Å². The third kappa shape index (κ3) is 7.06. The van der Waals surface area contributed by atoms with Gasteiger partial charge in [0.25, 0.3) is 0 Å². The molecule has 0 radical (unpaired) electrons. The molecule has 1 unspecified atom stereocenters. The first kappa shape index (κ1) is 15.1. The summed E-state index contributed by atoms with van der Waals surface area (Å²) in [6.07, 6.45) is 5.24. The molecule has 3 heteroatoms. The van der Waals surface area contributed by atoms with Gasteiger partial charge in [-0.2, -0.15) is 0 Å². The first-order chi connectivity index (χ1) is 7.86. The van der Waals surface area contributed by atoms with Crippen molar-refractivity contribution in [3.8, 4) is 0 Å². The van der Waals surface area contributed by atoms with Crippen LogP contribution in [0.15, 0.2) is 49.1 Å². The molecular weight excluding hydrogens is 216 g/mol. The van der Waals surface area contributed by atoms with Crippen LogP contribution in [-0.2, 0) is 14.3 Å². The quantitative estimate of drug-likeness (QED) is 0.428. The minimum Gasteiger partial charge on any atom is -0.393 e. The fourth-order valence-corrected chi connectivity index (χ4v) is 0.919. The number of hydrogen-bond donors (Lipinski definition) is 0. The molecule has 0 spiro atoms. The highest BCUT2D eigenvalue weighted by Gasteiger charge is 2.30. The maximum atomic E-state index is 10.9. The summed E-state index contributed by atoms with van der Waals surface area (Å²) < 4.78 is 4.35. The lowest BCUT2D eigenvalue weighted by Crippen LogP contribution is -2.03. The van der Waals surface area contributed by atoms with E-state index < -0.39 is 17.9 Å². The fraction of sp³-hybridized carbons (Fsp3) is 0.286. The van der Waals surface area contributed by atoms with Crippen LogP contribution in [0.3, 0.4) is 0 Å². The number of cyclic esters (lactones) is 2. The standard InChI is InChI=1S/C9H10O3.C5H8/c1-6(2)3-4-7-5-8(10)12-9(7)11;1-4-5(2)3/h3-4,7H,1,5H2,2H3;4H,1-2H2,3H3/b4-3+;. The van der Waals surface area contributed by atoms with Gasteiger partial charge in [-0.3, -0.25) is 9.59 Å². The molecule has 0 N–H and O–H groups in total. The molecule has 1 heterocycles. The van der Waals surface area contributed by atoms with Gasteiger partial charge in [-0.05, 0) is 13.8 Å². The molecule has 1 fully saturated rings. The Morgan fingerprint density at radius 2 is 1.82 bits per heavy atom. The molecule has 92 valence electrons. The summed E-state index contributed by atoms with van der Waals surface area (Å²) >= 11 is 0. The first-order valence-electron chi connectivity index (χ1n) is 5.23. The molecule has 17 heavy (non-hydrogen) atoms. The van der Waals surface area contributed by atoms with E-state index in [0.717, 1.165) is 11.1 Å². The van der Waals surface area contributed by atoms with Crippen molar-refractivity contribution in [1.82, 2.24) is 0 Å². The molecule has 0 aromatic rings. The second-order valence-corrected chi connectivity index (χ2v) is 3.86. The van der Waals surface area contributed by atoms with Crippen LogP contribution in [0, 0.1) is 5.92 Å². The minimum atomic E-state index is -0.461. The van der Waals surface area contributed by atoms with Crippen LogP contribution in [0.1, 0.15) is 20.3 Å². The number of ether oxygens (including phenoxy) is 1. The minimum absolute atomic E-state index is 0.155.